The molecular weight excluding hydrogens is 841 g/mol. The number of hydrogen-bond donors (Lipinski definition) is 1. The first-order chi connectivity index (χ1) is 30.9. The first-order valence-corrected chi connectivity index (χ1v) is 26.5. The zero-order valence-corrected chi connectivity index (χ0v) is 39.6. The molecule has 3 aromatic heterocycles. The van der Waals surface area contributed by atoms with Gasteiger partial charge < -0.3 is 24.6 Å². The van der Waals surface area contributed by atoms with E-state index >= 15 is 0 Å². The van der Waals surface area contributed by atoms with Gasteiger partial charge in [0.15, 0.2) is 0 Å². The second-order valence-electron chi connectivity index (χ2n) is 19.9. The maximum Gasteiger partial charge on any atom is 0.419 e. The van der Waals surface area contributed by atoms with Crippen LogP contribution in [0, 0.1) is 17.8 Å². The number of fused-ring (bicyclic) bond motifs is 2. The Hall–Kier alpha value is -5.89. The van der Waals surface area contributed by atoms with Gasteiger partial charge in [-0.05, 0) is 108 Å². The van der Waals surface area contributed by atoms with Crippen molar-refractivity contribution in [2.24, 2.45) is 5.92 Å². The van der Waals surface area contributed by atoms with Crippen molar-refractivity contribution in [3.63, 3.8) is 0 Å². The zero-order chi connectivity index (χ0) is 46.2. The Morgan fingerprint density at radius 1 is 0.969 bits per heavy atom. The highest BCUT2D eigenvalue weighted by Gasteiger charge is 2.43. The van der Waals surface area contributed by atoms with Gasteiger partial charge in [-0.15, -0.1) is 0 Å². The van der Waals surface area contributed by atoms with Crippen molar-refractivity contribution in [2.75, 3.05) is 50.2 Å². The molecule has 8 rings (SSSR count). The molecule has 0 aliphatic carbocycles. The van der Waals surface area contributed by atoms with Gasteiger partial charge in [-0.1, -0.05) is 37.5 Å². The average Bonchev–Trinajstić information content (AvgIpc) is 4.05. The number of nitrogens with zero attached hydrogens (tertiary/aromatic N) is 7. The zero-order valence-electron chi connectivity index (χ0n) is 38.6. The Kier molecular flexibility index (Phi) is 13.0. The molecule has 65 heavy (non-hydrogen) atoms. The number of nitrogens with one attached hydrogen (secondary N) is 1. The minimum absolute atomic E-state index is 0.0617. The molecule has 0 bridgehead atoms. The highest BCUT2D eigenvalue weighted by atomic mass is 28.3. The molecule has 4 aliphatic heterocycles. The van der Waals surface area contributed by atoms with Crippen LogP contribution in [0.15, 0.2) is 54.9 Å². The van der Waals surface area contributed by atoms with Crippen LogP contribution in [0.5, 0.6) is 0 Å². The summed E-state index contributed by atoms with van der Waals surface area (Å²) < 4.78 is 13.2. The molecule has 0 saturated carbocycles. The van der Waals surface area contributed by atoms with Crippen molar-refractivity contribution in [3.8, 4) is 11.8 Å². The van der Waals surface area contributed by atoms with Crippen molar-refractivity contribution in [1.29, 1.82) is 0 Å². The fraction of sp³-hybridized carbons (Fsp3) is 0.490. The number of benzene rings is 1. The summed E-state index contributed by atoms with van der Waals surface area (Å²) >= 11 is 0. The largest absolute Gasteiger partial charge is 0.443 e. The molecule has 1 aromatic carbocycles. The molecule has 16 heteroatoms. The molecule has 0 spiro atoms. The molecule has 3 saturated heterocycles. The first-order valence-electron chi connectivity index (χ1n) is 22.7. The Bertz CT molecular complexity index is 2570. The normalized spacial score (nSPS) is 20.4. The Balaban J connectivity index is 0.869. The standard InChI is InChI=1S/C49H60N8O7Si/c1-49(2,3)64-48(62)57-40-26-42(50-28-35(40)25-41(57)38-15-10-21-53(38)4)52-45(59)34-16-18-43(51-27-34)54-22-20-32(29-54)11-8-12-33-13-9-14-36-37(33)30-55(46(36)60)39-17-19-44(58)56(47(39)61)31-63-23-24-65(5,6)7/h9,13-14,16,18,25-28,32,38-39H,10-11,15,17,19-24,29-31H2,1-7H3,(H,50,52,59)/t32-,38-,39?/m1/s1. The maximum atomic E-state index is 13.6. The Morgan fingerprint density at radius 3 is 2.51 bits per heavy atom. The first kappa shape index (κ1) is 45.7. The lowest BCUT2D eigenvalue weighted by Crippen LogP contribution is -2.55. The molecule has 15 nitrogen and oxygen atoms in total. The third-order valence-electron chi connectivity index (χ3n) is 12.7. The van der Waals surface area contributed by atoms with Crippen LogP contribution < -0.4 is 10.2 Å². The number of aromatic nitrogens is 3. The van der Waals surface area contributed by atoms with Crippen molar-refractivity contribution >= 4 is 60.3 Å². The monoisotopic (exact) mass is 900 g/mol. The van der Waals surface area contributed by atoms with Crippen LogP contribution >= 0.6 is 0 Å². The lowest BCUT2D eigenvalue weighted by Gasteiger charge is -2.35. The van der Waals surface area contributed by atoms with Gasteiger partial charge in [0.05, 0.1) is 17.1 Å². The van der Waals surface area contributed by atoms with E-state index in [1.165, 1.54) is 4.90 Å². The molecule has 1 unspecified atom stereocenters. The van der Waals surface area contributed by atoms with E-state index in [0.29, 0.717) is 41.4 Å². The highest BCUT2D eigenvalue weighted by molar-refractivity contribution is 6.76. The molecule has 1 N–H and O–H groups in total. The van der Waals surface area contributed by atoms with Crippen molar-refractivity contribution in [2.45, 2.75) is 109 Å². The molecule has 4 aromatic rings. The van der Waals surface area contributed by atoms with E-state index in [2.05, 4.69) is 63.6 Å². The second-order valence-corrected chi connectivity index (χ2v) is 25.6. The predicted molar refractivity (Wildman–Crippen MR) is 250 cm³/mol. The van der Waals surface area contributed by atoms with Gasteiger partial charge in [0.25, 0.3) is 17.7 Å². The van der Waals surface area contributed by atoms with E-state index in [1.54, 1.807) is 40.1 Å². The summed E-state index contributed by atoms with van der Waals surface area (Å²) in [5.41, 5.74) is 3.27. The quantitative estimate of drug-likeness (QED) is 0.0698. The summed E-state index contributed by atoms with van der Waals surface area (Å²) in [5, 5.41) is 3.68. The molecule has 4 aliphatic rings. The minimum atomic E-state index is -1.33. The number of likely N-dealkylation sites (tertiary alicyclic amines) is 2. The topological polar surface area (TPSA) is 160 Å². The van der Waals surface area contributed by atoms with Crippen molar-refractivity contribution in [3.05, 3.63) is 82.8 Å². The number of hydrogen-bond acceptors (Lipinski definition) is 11. The average molecular weight is 901 g/mol. The lowest BCUT2D eigenvalue weighted by molar-refractivity contribution is -0.158. The number of pyridine rings is 2. The van der Waals surface area contributed by atoms with Gasteiger partial charge in [0.1, 0.15) is 30.0 Å². The molecular formula is C49H60N8O7Si. The van der Waals surface area contributed by atoms with E-state index in [4.69, 9.17) is 9.47 Å². The molecule has 3 atom stereocenters. The van der Waals surface area contributed by atoms with E-state index in [0.717, 1.165) is 73.0 Å². The Morgan fingerprint density at radius 2 is 1.78 bits per heavy atom. The summed E-state index contributed by atoms with van der Waals surface area (Å²) in [6, 6.07) is 13.1. The minimum Gasteiger partial charge on any atom is -0.443 e. The number of carbonyl (C=O) groups excluding carboxylic acids is 5. The number of carbonyl (C=O) groups is 5. The fourth-order valence-corrected chi connectivity index (χ4v) is 9.89. The number of imide groups is 1. The molecule has 3 fully saturated rings. The van der Waals surface area contributed by atoms with Crippen LogP contribution in [0.1, 0.15) is 103 Å². The smallest absolute Gasteiger partial charge is 0.419 e. The Labute approximate surface area is 381 Å². The van der Waals surface area contributed by atoms with E-state index < -0.39 is 25.8 Å². The summed E-state index contributed by atoms with van der Waals surface area (Å²) in [5.74, 6) is 6.82. The number of rotatable bonds is 11. The van der Waals surface area contributed by atoms with Crippen LogP contribution in [0.4, 0.5) is 16.4 Å². The van der Waals surface area contributed by atoms with Gasteiger partial charge >= 0.3 is 6.09 Å². The summed E-state index contributed by atoms with van der Waals surface area (Å²) in [4.78, 5) is 83.3. The van der Waals surface area contributed by atoms with Gasteiger partial charge in [-0.25, -0.2) is 19.3 Å². The lowest BCUT2D eigenvalue weighted by atomic mass is 10.0. The van der Waals surface area contributed by atoms with Crippen molar-refractivity contribution < 1.29 is 33.4 Å². The van der Waals surface area contributed by atoms with Gasteiger partial charge in [0.2, 0.25) is 5.91 Å². The number of anilines is 2. The third kappa shape index (κ3) is 10.2. The molecule has 0 radical (unpaired) electrons. The van der Waals surface area contributed by atoms with Gasteiger partial charge in [-0.2, -0.15) is 0 Å². The van der Waals surface area contributed by atoms with Gasteiger partial charge in [0, 0.05) is 87.8 Å². The molecule has 4 amide bonds. The third-order valence-corrected chi connectivity index (χ3v) is 14.4. The second kappa shape index (κ2) is 18.5. The van der Waals surface area contributed by atoms with Crippen LogP contribution in [0.2, 0.25) is 25.7 Å². The van der Waals surface area contributed by atoms with Crippen LogP contribution in [0.25, 0.3) is 10.9 Å². The maximum absolute atomic E-state index is 13.6. The van der Waals surface area contributed by atoms with Gasteiger partial charge in [-0.3, -0.25) is 29.0 Å². The summed E-state index contributed by atoms with van der Waals surface area (Å²) in [6.07, 6.45) is 6.77. The van der Waals surface area contributed by atoms with E-state index in [-0.39, 0.29) is 55.8 Å². The van der Waals surface area contributed by atoms with Crippen LogP contribution in [-0.2, 0) is 25.6 Å². The SMILES string of the molecule is CN1CCC[C@@H]1c1cc2cnc(NC(=O)c3ccc(N4CC[C@@H](CC#Cc5cccc6c5CN(C5CCC(=O)N(COCC[Si](C)(C)C)C5=O)C6=O)C4)nc3)cc2n1C(=O)OC(C)(C)C. The molecule has 342 valence electrons. The van der Waals surface area contributed by atoms with Crippen LogP contribution in [-0.4, -0.2) is 119 Å². The van der Waals surface area contributed by atoms with E-state index in [9.17, 15) is 24.0 Å². The van der Waals surface area contributed by atoms with E-state index in [1.807, 2.05) is 45.0 Å². The molecule has 7 heterocycles. The van der Waals surface area contributed by atoms with Crippen LogP contribution in [0.3, 0.4) is 0 Å². The number of piperidine rings is 1. The fourth-order valence-electron chi connectivity index (χ4n) is 9.13. The summed E-state index contributed by atoms with van der Waals surface area (Å²) in [6.45, 7) is 15.4. The highest BCUT2D eigenvalue weighted by Crippen LogP contribution is 2.36. The summed E-state index contributed by atoms with van der Waals surface area (Å²) in [7, 11) is 0.725. The van der Waals surface area contributed by atoms with Crippen molar-refractivity contribution in [1.82, 2.24) is 29.2 Å². The predicted octanol–water partition coefficient (Wildman–Crippen LogP) is 7.29. The number of amides is 4. The number of ether oxygens (including phenoxy) is 2.